The Kier molecular flexibility index (Phi) is 4.79. The van der Waals surface area contributed by atoms with Gasteiger partial charge in [-0.1, -0.05) is 17.7 Å². The van der Waals surface area contributed by atoms with Crippen LogP contribution in [0.15, 0.2) is 42.6 Å². The molecule has 140 valence electrons. The zero-order chi connectivity index (χ0) is 19.0. The van der Waals surface area contributed by atoms with Crippen LogP contribution >= 0.6 is 11.6 Å². The number of anilines is 1. The molecule has 4 rings (SSSR count). The van der Waals surface area contributed by atoms with Gasteiger partial charge in [-0.25, -0.2) is 4.98 Å². The minimum atomic E-state index is 0.0994. The lowest BCUT2D eigenvalue weighted by Crippen LogP contribution is -2.49. The molecule has 0 spiro atoms. The molecule has 0 saturated carbocycles. The molecule has 1 aromatic carbocycles. The summed E-state index contributed by atoms with van der Waals surface area (Å²) in [5.74, 6) is 1.07. The number of rotatable bonds is 3. The fourth-order valence-electron chi connectivity index (χ4n) is 3.93. The van der Waals surface area contributed by atoms with E-state index in [1.165, 1.54) is 0 Å². The predicted octanol–water partition coefficient (Wildman–Crippen LogP) is 3.98. The minimum Gasteiger partial charge on any atom is -0.353 e. The number of piperazine rings is 1. The van der Waals surface area contributed by atoms with Gasteiger partial charge in [0.2, 0.25) is 0 Å². The Labute approximate surface area is 164 Å². The smallest absolute Gasteiger partial charge is 0.270 e. The average Bonchev–Trinajstić information content (AvgIpc) is 2.99. The first-order valence-electron chi connectivity index (χ1n) is 9.33. The number of hydrogen-bond donors (Lipinski definition) is 0. The van der Waals surface area contributed by atoms with Crippen LogP contribution in [0, 0.1) is 6.92 Å². The molecule has 0 radical (unpaired) electrons. The molecule has 0 aliphatic carbocycles. The van der Waals surface area contributed by atoms with Gasteiger partial charge < -0.3 is 14.4 Å². The van der Waals surface area contributed by atoms with Gasteiger partial charge in [-0.15, -0.1) is 0 Å². The van der Waals surface area contributed by atoms with Crippen molar-refractivity contribution in [1.29, 1.82) is 0 Å². The van der Waals surface area contributed by atoms with Crippen molar-refractivity contribution in [2.75, 3.05) is 31.1 Å². The van der Waals surface area contributed by atoms with E-state index in [0.717, 1.165) is 47.6 Å². The van der Waals surface area contributed by atoms with Gasteiger partial charge in [0.05, 0.1) is 0 Å². The zero-order valence-corrected chi connectivity index (χ0v) is 16.4. The van der Waals surface area contributed by atoms with Crippen LogP contribution in [0.1, 0.15) is 23.0 Å². The van der Waals surface area contributed by atoms with Crippen LogP contribution in [-0.4, -0.2) is 46.5 Å². The fourth-order valence-corrected chi connectivity index (χ4v) is 4.10. The van der Waals surface area contributed by atoms with Crippen molar-refractivity contribution >= 4 is 34.2 Å². The Hall–Kier alpha value is -2.53. The van der Waals surface area contributed by atoms with Crippen molar-refractivity contribution in [3.05, 3.63) is 58.9 Å². The number of halogens is 1. The standard InChI is InChI=1S/C21H23ClN4O/c1-3-26-18-8-7-16(22)14-17(18)15(2)20(26)21(27)25-12-10-24(11-13-25)19-6-4-5-9-23-19/h4-9,14H,3,10-13H2,1-2H3. The van der Waals surface area contributed by atoms with Gasteiger partial charge in [-0.3, -0.25) is 4.79 Å². The molecule has 0 bridgehead atoms. The molecule has 1 fully saturated rings. The van der Waals surface area contributed by atoms with Gasteiger partial charge in [-0.05, 0) is 49.7 Å². The van der Waals surface area contributed by atoms with Crippen LogP contribution in [0.3, 0.4) is 0 Å². The number of nitrogens with zero attached hydrogens (tertiary/aromatic N) is 4. The largest absolute Gasteiger partial charge is 0.353 e. The fraction of sp³-hybridized carbons (Fsp3) is 0.333. The molecule has 0 N–H and O–H groups in total. The van der Waals surface area contributed by atoms with Crippen molar-refractivity contribution < 1.29 is 4.79 Å². The first-order valence-corrected chi connectivity index (χ1v) is 9.71. The Bertz CT molecular complexity index is 975. The maximum absolute atomic E-state index is 13.3. The third-order valence-electron chi connectivity index (χ3n) is 5.34. The lowest BCUT2D eigenvalue weighted by atomic mass is 10.1. The van der Waals surface area contributed by atoms with E-state index in [-0.39, 0.29) is 5.91 Å². The van der Waals surface area contributed by atoms with Crippen LogP contribution in [0.4, 0.5) is 5.82 Å². The summed E-state index contributed by atoms with van der Waals surface area (Å²) in [5.41, 5.74) is 2.85. The van der Waals surface area contributed by atoms with Gasteiger partial charge in [0.25, 0.3) is 5.91 Å². The summed E-state index contributed by atoms with van der Waals surface area (Å²) in [6, 6.07) is 11.8. The molecule has 1 aliphatic rings. The Morgan fingerprint density at radius 3 is 2.59 bits per heavy atom. The Morgan fingerprint density at radius 1 is 1.15 bits per heavy atom. The molecule has 0 atom stereocenters. The second kappa shape index (κ2) is 7.24. The molecular weight excluding hydrogens is 360 g/mol. The summed E-state index contributed by atoms with van der Waals surface area (Å²) in [6.45, 7) is 7.81. The predicted molar refractivity (Wildman–Crippen MR) is 110 cm³/mol. The van der Waals surface area contributed by atoms with Crippen LogP contribution in [0.5, 0.6) is 0 Å². The molecule has 3 heterocycles. The summed E-state index contributed by atoms with van der Waals surface area (Å²) in [5, 5.41) is 1.75. The molecule has 1 aliphatic heterocycles. The Morgan fingerprint density at radius 2 is 1.93 bits per heavy atom. The number of benzene rings is 1. The summed E-state index contributed by atoms with van der Waals surface area (Å²) in [4.78, 5) is 21.9. The number of carbonyl (C=O) groups is 1. The van der Waals surface area contributed by atoms with Crippen molar-refractivity contribution in [2.45, 2.75) is 20.4 Å². The summed E-state index contributed by atoms with van der Waals surface area (Å²) in [6.07, 6.45) is 1.81. The normalized spacial score (nSPS) is 14.8. The monoisotopic (exact) mass is 382 g/mol. The third-order valence-corrected chi connectivity index (χ3v) is 5.57. The lowest BCUT2D eigenvalue weighted by Gasteiger charge is -2.35. The summed E-state index contributed by atoms with van der Waals surface area (Å²) in [7, 11) is 0. The SMILES string of the molecule is CCn1c(C(=O)N2CCN(c3ccccn3)CC2)c(C)c2cc(Cl)ccc21. The highest BCUT2D eigenvalue weighted by Gasteiger charge is 2.27. The van der Waals surface area contributed by atoms with Gasteiger partial charge in [0, 0.05) is 54.8 Å². The van der Waals surface area contributed by atoms with Crippen molar-refractivity contribution in [3.63, 3.8) is 0 Å². The van der Waals surface area contributed by atoms with E-state index in [0.29, 0.717) is 18.1 Å². The highest BCUT2D eigenvalue weighted by Crippen LogP contribution is 2.29. The highest BCUT2D eigenvalue weighted by molar-refractivity contribution is 6.31. The van der Waals surface area contributed by atoms with E-state index in [4.69, 9.17) is 11.6 Å². The first-order chi connectivity index (χ1) is 13.1. The quantitative estimate of drug-likeness (QED) is 0.688. The number of pyridine rings is 1. The van der Waals surface area contributed by atoms with E-state index in [1.807, 2.05) is 48.2 Å². The van der Waals surface area contributed by atoms with Crippen LogP contribution in [-0.2, 0) is 6.54 Å². The lowest BCUT2D eigenvalue weighted by molar-refractivity contribution is 0.0735. The molecular formula is C21H23ClN4O. The van der Waals surface area contributed by atoms with Gasteiger partial charge in [0.15, 0.2) is 0 Å². The molecule has 0 unspecified atom stereocenters. The summed E-state index contributed by atoms with van der Waals surface area (Å²) >= 11 is 6.18. The van der Waals surface area contributed by atoms with Crippen LogP contribution in [0.25, 0.3) is 10.9 Å². The van der Waals surface area contributed by atoms with E-state index < -0.39 is 0 Å². The van der Waals surface area contributed by atoms with Gasteiger partial charge >= 0.3 is 0 Å². The Balaban J connectivity index is 1.60. The van der Waals surface area contributed by atoms with E-state index >= 15 is 0 Å². The molecule has 6 heteroatoms. The first kappa shape index (κ1) is 17.9. The van der Waals surface area contributed by atoms with E-state index in [1.54, 1.807) is 6.20 Å². The molecule has 27 heavy (non-hydrogen) atoms. The van der Waals surface area contributed by atoms with Crippen LogP contribution < -0.4 is 4.90 Å². The second-order valence-corrected chi connectivity index (χ2v) is 7.28. The number of fused-ring (bicyclic) bond motifs is 1. The molecule has 1 amide bonds. The van der Waals surface area contributed by atoms with Gasteiger partial charge in [-0.2, -0.15) is 0 Å². The molecule has 2 aromatic heterocycles. The maximum Gasteiger partial charge on any atom is 0.270 e. The number of aryl methyl sites for hydroxylation is 2. The molecule has 1 saturated heterocycles. The van der Waals surface area contributed by atoms with E-state index in [2.05, 4.69) is 21.4 Å². The third kappa shape index (κ3) is 3.16. The molecule has 5 nitrogen and oxygen atoms in total. The van der Waals surface area contributed by atoms with E-state index in [9.17, 15) is 4.79 Å². The maximum atomic E-state index is 13.3. The number of hydrogen-bond acceptors (Lipinski definition) is 3. The zero-order valence-electron chi connectivity index (χ0n) is 15.7. The van der Waals surface area contributed by atoms with Crippen molar-refractivity contribution in [2.24, 2.45) is 0 Å². The van der Waals surface area contributed by atoms with Crippen molar-refractivity contribution in [1.82, 2.24) is 14.5 Å². The molecule has 3 aromatic rings. The second-order valence-electron chi connectivity index (χ2n) is 6.85. The number of carbonyl (C=O) groups excluding carboxylic acids is 1. The number of aromatic nitrogens is 2. The highest BCUT2D eigenvalue weighted by atomic mass is 35.5. The number of amides is 1. The van der Waals surface area contributed by atoms with Crippen molar-refractivity contribution in [3.8, 4) is 0 Å². The minimum absolute atomic E-state index is 0.0994. The average molecular weight is 383 g/mol. The topological polar surface area (TPSA) is 41.4 Å². The van der Waals surface area contributed by atoms with Gasteiger partial charge in [0.1, 0.15) is 11.5 Å². The summed E-state index contributed by atoms with van der Waals surface area (Å²) < 4.78 is 2.11. The van der Waals surface area contributed by atoms with Crippen LogP contribution in [0.2, 0.25) is 5.02 Å².